The van der Waals surface area contributed by atoms with Crippen LogP contribution in [0.2, 0.25) is 0 Å². The highest BCUT2D eigenvalue weighted by molar-refractivity contribution is 5.95. The molecule has 152 valence electrons. The summed E-state index contributed by atoms with van der Waals surface area (Å²) >= 11 is 0. The van der Waals surface area contributed by atoms with Crippen LogP contribution < -0.4 is 10.1 Å². The van der Waals surface area contributed by atoms with E-state index in [2.05, 4.69) is 20.5 Å². The third kappa shape index (κ3) is 3.88. The zero-order chi connectivity index (χ0) is 20.4. The molecule has 1 atom stereocenters. The van der Waals surface area contributed by atoms with Gasteiger partial charge in [-0.15, -0.1) is 0 Å². The first-order chi connectivity index (χ1) is 14.0. The third-order valence-electron chi connectivity index (χ3n) is 5.37. The van der Waals surface area contributed by atoms with E-state index in [0.29, 0.717) is 25.3 Å². The van der Waals surface area contributed by atoms with Gasteiger partial charge in [0.15, 0.2) is 5.78 Å². The summed E-state index contributed by atoms with van der Waals surface area (Å²) in [6.45, 7) is 5.30. The maximum Gasteiger partial charge on any atom is 0.213 e. The fourth-order valence-electron chi connectivity index (χ4n) is 3.76. The molecule has 7 heteroatoms. The fourth-order valence-corrected chi connectivity index (χ4v) is 3.76. The molecule has 1 saturated heterocycles. The number of aromatic nitrogens is 3. The predicted octanol–water partition coefficient (Wildman–Crippen LogP) is 2.90. The van der Waals surface area contributed by atoms with Gasteiger partial charge in [-0.3, -0.25) is 9.89 Å². The number of hydrogen-bond acceptors (Lipinski definition) is 6. The van der Waals surface area contributed by atoms with Crippen molar-refractivity contribution < 1.29 is 14.3 Å². The molecule has 1 fully saturated rings. The number of hydrogen-bond donors (Lipinski definition) is 2. The lowest BCUT2D eigenvalue weighted by molar-refractivity contribution is -0.138. The van der Waals surface area contributed by atoms with Crippen molar-refractivity contribution in [2.45, 2.75) is 38.4 Å². The summed E-state index contributed by atoms with van der Waals surface area (Å²) in [6.07, 6.45) is 2.87. The Labute approximate surface area is 169 Å². The number of pyridine rings is 1. The molecule has 0 spiro atoms. The minimum absolute atomic E-state index is 0.0742. The Kier molecular flexibility index (Phi) is 5.34. The molecule has 1 aliphatic heterocycles. The van der Waals surface area contributed by atoms with E-state index >= 15 is 0 Å². The van der Waals surface area contributed by atoms with Gasteiger partial charge in [0.1, 0.15) is 11.3 Å². The smallest absolute Gasteiger partial charge is 0.213 e. The summed E-state index contributed by atoms with van der Waals surface area (Å²) in [7, 11) is 1.61. The fraction of sp³-hybridized carbons (Fsp3) is 0.409. The SMILES string of the molecule is CO[C@@]1(C(=O)Cc2ccc3[nH]nc(-c4ccc(OC(C)C)nc4)c3c2)CCNC1. The van der Waals surface area contributed by atoms with Crippen LogP contribution in [-0.4, -0.2) is 52.9 Å². The molecule has 0 saturated carbocycles. The van der Waals surface area contributed by atoms with E-state index < -0.39 is 5.60 Å². The standard InChI is InChI=1S/C22H26N4O3/c1-14(2)29-20-7-5-16(12-24-20)21-17-10-15(4-6-18(17)25-26-21)11-19(27)22(28-3)8-9-23-13-22/h4-7,10,12,14,23H,8-9,11,13H2,1-3H3,(H,25,26)/t22-/m0/s1. The van der Waals surface area contributed by atoms with E-state index in [0.717, 1.165) is 34.3 Å². The topological polar surface area (TPSA) is 89.1 Å². The quantitative estimate of drug-likeness (QED) is 0.641. The van der Waals surface area contributed by atoms with E-state index in [1.165, 1.54) is 0 Å². The highest BCUT2D eigenvalue weighted by atomic mass is 16.5. The van der Waals surface area contributed by atoms with Crippen molar-refractivity contribution in [1.82, 2.24) is 20.5 Å². The van der Waals surface area contributed by atoms with Crippen LogP contribution in [0.25, 0.3) is 22.2 Å². The van der Waals surface area contributed by atoms with Gasteiger partial charge in [0.25, 0.3) is 0 Å². The van der Waals surface area contributed by atoms with Crippen LogP contribution in [-0.2, 0) is 16.0 Å². The Morgan fingerprint density at radius 2 is 2.14 bits per heavy atom. The molecule has 1 aliphatic rings. The second kappa shape index (κ2) is 7.93. The molecular weight excluding hydrogens is 368 g/mol. The molecule has 0 bridgehead atoms. The molecule has 3 heterocycles. The summed E-state index contributed by atoms with van der Waals surface area (Å²) in [5, 5.41) is 11.7. The van der Waals surface area contributed by atoms with Crippen molar-refractivity contribution in [3.8, 4) is 17.1 Å². The third-order valence-corrected chi connectivity index (χ3v) is 5.37. The summed E-state index contributed by atoms with van der Waals surface area (Å²) in [5.41, 5.74) is 2.85. The second-order valence-electron chi connectivity index (χ2n) is 7.73. The monoisotopic (exact) mass is 394 g/mol. The van der Waals surface area contributed by atoms with Gasteiger partial charge in [-0.25, -0.2) is 4.98 Å². The van der Waals surface area contributed by atoms with Crippen molar-refractivity contribution in [2.24, 2.45) is 0 Å². The maximum absolute atomic E-state index is 12.9. The Morgan fingerprint density at radius 1 is 1.28 bits per heavy atom. The van der Waals surface area contributed by atoms with Crippen molar-refractivity contribution in [3.63, 3.8) is 0 Å². The van der Waals surface area contributed by atoms with Gasteiger partial charge < -0.3 is 14.8 Å². The Bertz CT molecular complexity index is 1000. The average molecular weight is 394 g/mol. The number of nitrogens with one attached hydrogen (secondary N) is 2. The first-order valence-corrected chi connectivity index (χ1v) is 9.90. The van der Waals surface area contributed by atoms with Gasteiger partial charge in [0.05, 0.1) is 11.6 Å². The molecule has 0 radical (unpaired) electrons. The molecule has 29 heavy (non-hydrogen) atoms. The Morgan fingerprint density at radius 3 is 2.79 bits per heavy atom. The van der Waals surface area contributed by atoms with Crippen LogP contribution in [0.5, 0.6) is 5.88 Å². The van der Waals surface area contributed by atoms with Crippen LogP contribution in [0.15, 0.2) is 36.5 Å². The van der Waals surface area contributed by atoms with E-state index in [9.17, 15) is 4.79 Å². The van der Waals surface area contributed by atoms with Crippen molar-refractivity contribution in [2.75, 3.05) is 20.2 Å². The van der Waals surface area contributed by atoms with E-state index in [1.807, 2.05) is 44.2 Å². The van der Waals surface area contributed by atoms with Crippen LogP contribution in [0.4, 0.5) is 0 Å². The summed E-state index contributed by atoms with van der Waals surface area (Å²) in [6, 6.07) is 9.74. The number of aromatic amines is 1. The van der Waals surface area contributed by atoms with Crippen LogP contribution in [0.3, 0.4) is 0 Å². The zero-order valence-corrected chi connectivity index (χ0v) is 17.0. The number of ketones is 1. The number of carbonyl (C=O) groups excluding carboxylic acids is 1. The molecule has 0 unspecified atom stereocenters. The van der Waals surface area contributed by atoms with E-state index in [1.54, 1.807) is 13.3 Å². The van der Waals surface area contributed by atoms with Gasteiger partial charge in [-0.1, -0.05) is 6.07 Å². The number of methoxy groups -OCH3 is 1. The summed E-state index contributed by atoms with van der Waals surface area (Å²) in [5.74, 6) is 0.691. The van der Waals surface area contributed by atoms with Gasteiger partial charge in [-0.2, -0.15) is 5.10 Å². The number of carbonyl (C=O) groups is 1. The molecule has 4 rings (SSSR count). The molecule has 3 aromatic rings. The first kappa shape index (κ1) is 19.5. The van der Waals surface area contributed by atoms with Crippen LogP contribution in [0.1, 0.15) is 25.8 Å². The highest BCUT2D eigenvalue weighted by Crippen LogP contribution is 2.29. The Hall–Kier alpha value is -2.77. The van der Waals surface area contributed by atoms with Gasteiger partial charge >= 0.3 is 0 Å². The number of ether oxygens (including phenoxy) is 2. The number of H-pyrrole nitrogens is 1. The van der Waals surface area contributed by atoms with Gasteiger partial charge in [-0.05, 0) is 50.6 Å². The molecule has 0 amide bonds. The molecule has 2 aromatic heterocycles. The minimum atomic E-state index is -0.718. The first-order valence-electron chi connectivity index (χ1n) is 9.90. The second-order valence-corrected chi connectivity index (χ2v) is 7.73. The average Bonchev–Trinajstić information content (AvgIpc) is 3.36. The number of Topliss-reactive ketones (excluding diaryl/α,β-unsaturated/α-hetero) is 1. The van der Waals surface area contributed by atoms with E-state index in [4.69, 9.17) is 9.47 Å². The lowest BCUT2D eigenvalue weighted by Gasteiger charge is -2.24. The lowest BCUT2D eigenvalue weighted by Crippen LogP contribution is -2.43. The normalized spacial score (nSPS) is 19.2. The van der Waals surface area contributed by atoms with Crippen molar-refractivity contribution in [3.05, 3.63) is 42.1 Å². The highest BCUT2D eigenvalue weighted by Gasteiger charge is 2.40. The number of nitrogens with zero attached hydrogens (tertiary/aromatic N) is 2. The Balaban J connectivity index is 1.60. The molecule has 7 nitrogen and oxygen atoms in total. The minimum Gasteiger partial charge on any atom is -0.475 e. The predicted molar refractivity (Wildman–Crippen MR) is 111 cm³/mol. The largest absolute Gasteiger partial charge is 0.475 e. The summed E-state index contributed by atoms with van der Waals surface area (Å²) in [4.78, 5) is 17.3. The number of fused-ring (bicyclic) bond motifs is 1. The summed E-state index contributed by atoms with van der Waals surface area (Å²) < 4.78 is 11.2. The number of rotatable bonds is 7. The molecule has 2 N–H and O–H groups in total. The molecule has 1 aromatic carbocycles. The maximum atomic E-state index is 12.9. The lowest BCUT2D eigenvalue weighted by atomic mass is 9.91. The van der Waals surface area contributed by atoms with Crippen molar-refractivity contribution >= 4 is 16.7 Å². The molecule has 0 aliphatic carbocycles. The zero-order valence-electron chi connectivity index (χ0n) is 17.0. The van der Waals surface area contributed by atoms with E-state index in [-0.39, 0.29) is 11.9 Å². The van der Waals surface area contributed by atoms with Crippen molar-refractivity contribution in [1.29, 1.82) is 0 Å². The van der Waals surface area contributed by atoms with Crippen LogP contribution >= 0.6 is 0 Å². The van der Waals surface area contributed by atoms with Crippen LogP contribution in [0, 0.1) is 0 Å². The van der Waals surface area contributed by atoms with Gasteiger partial charge in [0, 0.05) is 43.3 Å². The molecular formula is C22H26N4O3. The number of benzene rings is 1. The van der Waals surface area contributed by atoms with Gasteiger partial charge in [0.2, 0.25) is 5.88 Å².